The van der Waals surface area contributed by atoms with Gasteiger partial charge in [-0.15, -0.1) is 0 Å². The van der Waals surface area contributed by atoms with E-state index in [9.17, 15) is 13.2 Å². The zero-order chi connectivity index (χ0) is 20.6. The minimum Gasteiger partial charge on any atom is -0.349 e. The molecule has 3 atom stereocenters. The number of rotatable bonds is 4. The normalized spacial score (nSPS) is 24.2. The van der Waals surface area contributed by atoms with Gasteiger partial charge in [0.05, 0.1) is 10.6 Å². The lowest BCUT2D eigenvalue weighted by Crippen LogP contribution is -2.43. The van der Waals surface area contributed by atoms with Crippen molar-refractivity contribution in [3.63, 3.8) is 0 Å². The highest BCUT2D eigenvalue weighted by Crippen LogP contribution is 2.33. The van der Waals surface area contributed by atoms with Crippen LogP contribution in [-0.2, 0) is 16.4 Å². The standard InChI is InChI=1S/C23H28N2O3S/c1-16-7-5-11-21(17(16)2)24-23(26)19-9-6-10-20(15-19)29(27,28)25-14-13-18-8-3-4-12-22(18)25/h3-4,6,8-10,12,15-17,21H,5,7,11,13-14H2,1-2H3,(H,24,26)/t16-,17-,21-/m1/s1. The summed E-state index contributed by atoms with van der Waals surface area (Å²) < 4.78 is 28.0. The fraction of sp³-hybridized carbons (Fsp3) is 0.435. The number of hydrogen-bond donors (Lipinski definition) is 1. The Morgan fingerprint density at radius 2 is 1.86 bits per heavy atom. The number of amides is 1. The van der Waals surface area contributed by atoms with Crippen molar-refractivity contribution in [2.45, 2.75) is 50.5 Å². The molecule has 2 aliphatic rings. The number of carbonyl (C=O) groups is 1. The van der Waals surface area contributed by atoms with Crippen LogP contribution in [0, 0.1) is 11.8 Å². The van der Waals surface area contributed by atoms with E-state index in [-0.39, 0.29) is 16.8 Å². The highest BCUT2D eigenvalue weighted by atomic mass is 32.2. The maximum Gasteiger partial charge on any atom is 0.264 e. The first-order valence-electron chi connectivity index (χ1n) is 10.4. The summed E-state index contributed by atoms with van der Waals surface area (Å²) in [5.74, 6) is 0.798. The van der Waals surface area contributed by atoms with E-state index in [1.54, 1.807) is 18.2 Å². The van der Waals surface area contributed by atoms with Crippen LogP contribution in [0.25, 0.3) is 0 Å². The molecular formula is C23H28N2O3S. The highest BCUT2D eigenvalue weighted by molar-refractivity contribution is 7.92. The number of carbonyl (C=O) groups excluding carboxylic acids is 1. The molecule has 29 heavy (non-hydrogen) atoms. The van der Waals surface area contributed by atoms with E-state index < -0.39 is 10.0 Å². The Morgan fingerprint density at radius 1 is 1.07 bits per heavy atom. The lowest BCUT2D eigenvalue weighted by Gasteiger charge is -2.34. The predicted molar refractivity (Wildman–Crippen MR) is 115 cm³/mol. The monoisotopic (exact) mass is 412 g/mol. The van der Waals surface area contributed by atoms with Crippen LogP contribution in [0.3, 0.4) is 0 Å². The quantitative estimate of drug-likeness (QED) is 0.826. The minimum atomic E-state index is -3.71. The molecule has 1 aliphatic carbocycles. The summed E-state index contributed by atoms with van der Waals surface area (Å²) in [5.41, 5.74) is 2.15. The van der Waals surface area contributed by atoms with Crippen LogP contribution in [0.2, 0.25) is 0 Å². The number of benzene rings is 2. The van der Waals surface area contributed by atoms with E-state index >= 15 is 0 Å². The van der Waals surface area contributed by atoms with Gasteiger partial charge >= 0.3 is 0 Å². The Hall–Kier alpha value is -2.34. The van der Waals surface area contributed by atoms with Gasteiger partial charge in [0.25, 0.3) is 15.9 Å². The molecule has 0 unspecified atom stereocenters. The highest BCUT2D eigenvalue weighted by Gasteiger charge is 2.32. The third-order valence-electron chi connectivity index (χ3n) is 6.55. The van der Waals surface area contributed by atoms with Crippen molar-refractivity contribution in [2.75, 3.05) is 10.8 Å². The molecule has 1 amide bonds. The summed E-state index contributed by atoms with van der Waals surface area (Å²) in [6.45, 7) is 4.83. The number of sulfonamides is 1. The third kappa shape index (κ3) is 3.78. The summed E-state index contributed by atoms with van der Waals surface area (Å²) in [6.07, 6.45) is 3.98. The molecule has 1 aliphatic heterocycles. The molecule has 1 heterocycles. The molecule has 6 heteroatoms. The van der Waals surface area contributed by atoms with Crippen molar-refractivity contribution in [1.82, 2.24) is 5.32 Å². The fourth-order valence-corrected chi connectivity index (χ4v) is 6.07. The van der Waals surface area contributed by atoms with Crippen LogP contribution < -0.4 is 9.62 Å². The maximum absolute atomic E-state index is 13.3. The van der Waals surface area contributed by atoms with Crippen LogP contribution in [-0.4, -0.2) is 26.9 Å². The van der Waals surface area contributed by atoms with Crippen LogP contribution >= 0.6 is 0 Å². The average Bonchev–Trinajstić information content (AvgIpc) is 3.16. The van der Waals surface area contributed by atoms with Crippen LogP contribution in [0.15, 0.2) is 53.4 Å². The lowest BCUT2D eigenvalue weighted by molar-refractivity contribution is 0.0891. The number of fused-ring (bicyclic) bond motifs is 1. The molecule has 154 valence electrons. The molecule has 1 saturated carbocycles. The van der Waals surface area contributed by atoms with Gasteiger partial charge in [0.1, 0.15) is 0 Å². The molecule has 0 aromatic heterocycles. The number of hydrogen-bond acceptors (Lipinski definition) is 3. The first kappa shape index (κ1) is 20.0. The fourth-order valence-electron chi connectivity index (χ4n) is 4.52. The van der Waals surface area contributed by atoms with Gasteiger partial charge in [0, 0.05) is 18.2 Å². The van der Waals surface area contributed by atoms with Crippen LogP contribution in [0.4, 0.5) is 5.69 Å². The van der Waals surface area contributed by atoms with Crippen LogP contribution in [0.5, 0.6) is 0 Å². The van der Waals surface area contributed by atoms with Gasteiger partial charge in [0.2, 0.25) is 0 Å². The SMILES string of the molecule is C[C@@H]1[C@H](C)CCC[C@H]1NC(=O)c1cccc(S(=O)(=O)N2CCc3ccccc32)c1. The summed E-state index contributed by atoms with van der Waals surface area (Å²) >= 11 is 0. The molecule has 1 N–H and O–H groups in total. The van der Waals surface area contributed by atoms with Gasteiger partial charge in [-0.3, -0.25) is 9.10 Å². The van der Waals surface area contributed by atoms with Gasteiger partial charge < -0.3 is 5.32 Å². The number of para-hydroxylation sites is 1. The van der Waals surface area contributed by atoms with Crippen molar-refractivity contribution in [2.24, 2.45) is 11.8 Å². The predicted octanol–water partition coefficient (Wildman–Crippen LogP) is 3.99. The van der Waals surface area contributed by atoms with E-state index in [1.165, 1.54) is 16.8 Å². The van der Waals surface area contributed by atoms with Crippen molar-refractivity contribution < 1.29 is 13.2 Å². The second kappa shape index (κ2) is 7.82. The zero-order valence-electron chi connectivity index (χ0n) is 17.0. The number of nitrogens with zero attached hydrogens (tertiary/aromatic N) is 1. The van der Waals surface area contributed by atoms with Crippen molar-refractivity contribution >= 4 is 21.6 Å². The second-order valence-electron chi connectivity index (χ2n) is 8.33. The van der Waals surface area contributed by atoms with Gasteiger partial charge in [-0.1, -0.05) is 51.0 Å². The number of nitrogens with one attached hydrogen (secondary N) is 1. The van der Waals surface area contributed by atoms with Crippen molar-refractivity contribution in [3.8, 4) is 0 Å². The first-order chi connectivity index (χ1) is 13.9. The van der Waals surface area contributed by atoms with Gasteiger partial charge in [-0.25, -0.2) is 8.42 Å². The average molecular weight is 413 g/mol. The maximum atomic E-state index is 13.3. The summed E-state index contributed by atoms with van der Waals surface area (Å²) in [6, 6.07) is 14.1. The number of anilines is 1. The largest absolute Gasteiger partial charge is 0.349 e. The summed E-state index contributed by atoms with van der Waals surface area (Å²) in [5, 5.41) is 3.13. The smallest absolute Gasteiger partial charge is 0.264 e. The molecule has 0 bridgehead atoms. The van der Waals surface area contributed by atoms with Crippen molar-refractivity contribution in [1.29, 1.82) is 0 Å². The zero-order valence-corrected chi connectivity index (χ0v) is 17.8. The minimum absolute atomic E-state index is 0.136. The van der Waals surface area contributed by atoms with E-state index in [1.807, 2.05) is 24.3 Å². The Morgan fingerprint density at radius 3 is 2.69 bits per heavy atom. The summed E-state index contributed by atoms with van der Waals surface area (Å²) in [4.78, 5) is 13.0. The van der Waals surface area contributed by atoms with Crippen LogP contribution in [0.1, 0.15) is 49.0 Å². The molecule has 0 spiro atoms. The van der Waals surface area contributed by atoms with E-state index in [0.717, 1.165) is 24.1 Å². The van der Waals surface area contributed by atoms with E-state index in [0.29, 0.717) is 30.4 Å². The molecule has 0 radical (unpaired) electrons. The van der Waals surface area contributed by atoms with E-state index in [4.69, 9.17) is 0 Å². The Balaban J connectivity index is 1.56. The Kier molecular flexibility index (Phi) is 5.38. The van der Waals surface area contributed by atoms with Gasteiger partial charge in [-0.05, 0) is 54.5 Å². The molecule has 2 aromatic carbocycles. The molecule has 5 nitrogen and oxygen atoms in total. The molecule has 4 rings (SSSR count). The van der Waals surface area contributed by atoms with Gasteiger partial charge in [0.15, 0.2) is 0 Å². The second-order valence-corrected chi connectivity index (χ2v) is 10.2. The topological polar surface area (TPSA) is 66.5 Å². The Bertz CT molecular complexity index is 1020. The van der Waals surface area contributed by atoms with E-state index in [2.05, 4.69) is 19.2 Å². The summed E-state index contributed by atoms with van der Waals surface area (Å²) in [7, 11) is -3.71. The first-order valence-corrected chi connectivity index (χ1v) is 11.8. The molecular weight excluding hydrogens is 384 g/mol. The third-order valence-corrected chi connectivity index (χ3v) is 8.36. The molecule has 0 saturated heterocycles. The Labute approximate surface area is 173 Å². The molecule has 2 aromatic rings. The van der Waals surface area contributed by atoms with Crippen molar-refractivity contribution in [3.05, 3.63) is 59.7 Å². The van der Waals surface area contributed by atoms with Gasteiger partial charge in [-0.2, -0.15) is 0 Å². The molecule has 1 fully saturated rings. The lowest BCUT2D eigenvalue weighted by atomic mass is 9.78.